The monoisotopic (exact) mass is 579 g/mol. The first-order chi connectivity index (χ1) is 19.2. The molecule has 8 rings (SSSR count). The summed E-state index contributed by atoms with van der Waals surface area (Å²) in [5, 5.41) is 5.14. The zero-order valence-corrected chi connectivity index (χ0v) is 23.3. The van der Waals surface area contributed by atoms with Crippen LogP contribution in [-0.4, -0.2) is 4.57 Å². The van der Waals surface area contributed by atoms with Gasteiger partial charge in [-0.15, -0.1) is 11.3 Å². The molecule has 8 aromatic rings. The minimum Gasteiger partial charge on any atom is -0.309 e. The number of halogens is 1. The fourth-order valence-electron chi connectivity index (χ4n) is 5.83. The third-order valence-electron chi connectivity index (χ3n) is 7.68. The van der Waals surface area contributed by atoms with Crippen molar-refractivity contribution in [1.29, 1.82) is 0 Å². The fourth-order valence-corrected chi connectivity index (χ4v) is 7.65. The van der Waals surface area contributed by atoms with Crippen LogP contribution in [0.5, 0.6) is 0 Å². The maximum atomic E-state index is 3.79. The molecule has 6 aromatic carbocycles. The second-order valence-electron chi connectivity index (χ2n) is 9.92. The molecule has 0 atom stereocenters. The summed E-state index contributed by atoms with van der Waals surface area (Å²) in [4.78, 5) is 0. The molecule has 184 valence electrons. The molecule has 0 aliphatic carbocycles. The topological polar surface area (TPSA) is 4.93 Å². The van der Waals surface area contributed by atoms with Gasteiger partial charge in [0.15, 0.2) is 0 Å². The molecule has 0 N–H and O–H groups in total. The van der Waals surface area contributed by atoms with E-state index in [1.54, 1.807) is 0 Å². The van der Waals surface area contributed by atoms with Crippen molar-refractivity contribution in [1.82, 2.24) is 4.57 Å². The number of fused-ring (bicyclic) bond motifs is 6. The van der Waals surface area contributed by atoms with Crippen LogP contribution in [0.4, 0.5) is 0 Å². The van der Waals surface area contributed by atoms with E-state index in [9.17, 15) is 0 Å². The Hall–Kier alpha value is -4.18. The molecule has 0 amide bonds. The average molecular weight is 581 g/mol. The lowest BCUT2D eigenvalue weighted by Crippen LogP contribution is -1.94. The van der Waals surface area contributed by atoms with E-state index in [-0.39, 0.29) is 0 Å². The number of rotatable bonds is 3. The Morgan fingerprint density at radius 3 is 2.03 bits per heavy atom. The van der Waals surface area contributed by atoms with E-state index in [1.807, 2.05) is 11.3 Å². The molecule has 39 heavy (non-hydrogen) atoms. The van der Waals surface area contributed by atoms with Crippen molar-refractivity contribution in [3.8, 4) is 27.9 Å². The fraction of sp³-hybridized carbons (Fsp3) is 0. The van der Waals surface area contributed by atoms with Crippen LogP contribution in [0.25, 0.3) is 69.9 Å². The third kappa shape index (κ3) is 3.65. The molecule has 0 fully saturated rings. The van der Waals surface area contributed by atoms with Crippen molar-refractivity contribution in [2.24, 2.45) is 0 Å². The lowest BCUT2D eigenvalue weighted by Gasteiger charge is -2.10. The average Bonchev–Trinajstić information content (AvgIpc) is 3.53. The molecule has 0 aliphatic heterocycles. The van der Waals surface area contributed by atoms with Gasteiger partial charge in [0.05, 0.1) is 11.0 Å². The summed E-state index contributed by atoms with van der Waals surface area (Å²) in [6.07, 6.45) is 0. The molecule has 2 heterocycles. The van der Waals surface area contributed by atoms with Gasteiger partial charge < -0.3 is 4.57 Å². The molecular weight excluding hydrogens is 558 g/mol. The van der Waals surface area contributed by atoms with E-state index in [1.165, 1.54) is 69.9 Å². The van der Waals surface area contributed by atoms with Gasteiger partial charge in [-0.05, 0) is 70.8 Å². The Morgan fingerprint density at radius 1 is 0.462 bits per heavy atom. The molecular formula is C36H22BrNS. The SMILES string of the molecule is Brc1cccc2sc3ccc(-c4ccc5c6ccccc6n(-c6ccc(-c7ccccc7)cc6)c5c4)cc3c12. The summed E-state index contributed by atoms with van der Waals surface area (Å²) in [6, 6.07) is 48.4. The van der Waals surface area contributed by atoms with Gasteiger partial charge in [-0.3, -0.25) is 0 Å². The molecule has 0 bridgehead atoms. The van der Waals surface area contributed by atoms with E-state index in [0.717, 1.165) is 4.47 Å². The van der Waals surface area contributed by atoms with Gasteiger partial charge in [-0.2, -0.15) is 0 Å². The van der Waals surface area contributed by atoms with Crippen LogP contribution in [0.15, 0.2) is 138 Å². The van der Waals surface area contributed by atoms with E-state index in [2.05, 4.69) is 154 Å². The van der Waals surface area contributed by atoms with Gasteiger partial charge in [0.2, 0.25) is 0 Å². The lowest BCUT2D eigenvalue weighted by molar-refractivity contribution is 1.18. The minimum atomic E-state index is 1.15. The lowest BCUT2D eigenvalue weighted by atomic mass is 10.0. The Morgan fingerprint density at radius 2 is 1.15 bits per heavy atom. The summed E-state index contributed by atoms with van der Waals surface area (Å²) in [7, 11) is 0. The Kier molecular flexibility index (Phi) is 5.22. The first-order valence-corrected chi connectivity index (χ1v) is 14.7. The highest BCUT2D eigenvalue weighted by molar-refractivity contribution is 9.10. The van der Waals surface area contributed by atoms with Crippen LogP contribution in [0.1, 0.15) is 0 Å². The number of nitrogens with zero attached hydrogens (tertiary/aromatic N) is 1. The van der Waals surface area contributed by atoms with Crippen LogP contribution in [0, 0.1) is 0 Å². The van der Waals surface area contributed by atoms with Crippen LogP contribution < -0.4 is 0 Å². The first kappa shape index (κ1) is 22.8. The first-order valence-electron chi connectivity index (χ1n) is 13.0. The van der Waals surface area contributed by atoms with Crippen LogP contribution >= 0.6 is 27.3 Å². The molecule has 0 aliphatic rings. The van der Waals surface area contributed by atoms with Gasteiger partial charge in [0.1, 0.15) is 0 Å². The van der Waals surface area contributed by atoms with Crippen LogP contribution in [0.3, 0.4) is 0 Å². The minimum absolute atomic E-state index is 1.15. The van der Waals surface area contributed by atoms with Crippen LogP contribution in [0.2, 0.25) is 0 Å². The number of hydrogen-bond donors (Lipinski definition) is 0. The summed E-state index contributed by atoms with van der Waals surface area (Å²) in [5.41, 5.74) is 8.52. The third-order valence-corrected chi connectivity index (χ3v) is 9.48. The zero-order valence-electron chi connectivity index (χ0n) is 20.9. The summed E-state index contributed by atoms with van der Waals surface area (Å²) >= 11 is 5.64. The zero-order chi connectivity index (χ0) is 25.9. The summed E-state index contributed by atoms with van der Waals surface area (Å²) < 4.78 is 6.18. The highest BCUT2D eigenvalue weighted by Gasteiger charge is 2.15. The maximum absolute atomic E-state index is 3.79. The molecule has 0 radical (unpaired) electrons. The van der Waals surface area contributed by atoms with Crippen LogP contribution in [-0.2, 0) is 0 Å². The van der Waals surface area contributed by atoms with Gasteiger partial charge in [-0.1, -0.05) is 101 Å². The number of benzene rings is 6. The van der Waals surface area contributed by atoms with Gasteiger partial charge in [-0.25, -0.2) is 0 Å². The molecule has 2 aromatic heterocycles. The van der Waals surface area contributed by atoms with Gasteiger partial charge in [0, 0.05) is 41.1 Å². The van der Waals surface area contributed by atoms with E-state index < -0.39 is 0 Å². The number of para-hydroxylation sites is 1. The highest BCUT2D eigenvalue weighted by atomic mass is 79.9. The summed E-state index contributed by atoms with van der Waals surface area (Å²) in [6.45, 7) is 0. The largest absolute Gasteiger partial charge is 0.309 e. The van der Waals surface area contributed by atoms with Crippen molar-refractivity contribution in [3.63, 3.8) is 0 Å². The second-order valence-corrected chi connectivity index (χ2v) is 11.9. The second kappa shape index (κ2) is 8.94. The van der Waals surface area contributed by atoms with Gasteiger partial charge >= 0.3 is 0 Å². The van der Waals surface area contributed by atoms with Crippen molar-refractivity contribution in [2.75, 3.05) is 0 Å². The molecule has 0 saturated carbocycles. The highest BCUT2D eigenvalue weighted by Crippen LogP contribution is 2.41. The quantitative estimate of drug-likeness (QED) is 0.196. The molecule has 0 spiro atoms. The standard InChI is InChI=1S/C36H22BrNS/c37-31-10-6-12-35-36(31)30-21-25(16-20-34(30)39-35)26-15-19-29-28-9-4-5-11-32(28)38(33(29)22-26)27-17-13-24(14-18-27)23-7-2-1-3-8-23/h1-22H. The molecule has 3 heteroatoms. The van der Waals surface area contributed by atoms with E-state index in [0.29, 0.717) is 0 Å². The van der Waals surface area contributed by atoms with Crippen molar-refractivity contribution in [2.45, 2.75) is 0 Å². The number of aromatic nitrogens is 1. The predicted octanol–water partition coefficient (Wildman–Crippen LogP) is 11.2. The predicted molar refractivity (Wildman–Crippen MR) is 172 cm³/mol. The number of hydrogen-bond acceptors (Lipinski definition) is 1. The number of thiophene rings is 1. The van der Waals surface area contributed by atoms with E-state index in [4.69, 9.17) is 0 Å². The summed E-state index contributed by atoms with van der Waals surface area (Å²) in [5.74, 6) is 0. The van der Waals surface area contributed by atoms with Crippen molar-refractivity contribution < 1.29 is 0 Å². The maximum Gasteiger partial charge on any atom is 0.0547 e. The molecule has 1 nitrogen and oxygen atoms in total. The Labute approximate surface area is 238 Å². The molecule has 0 saturated heterocycles. The Bertz CT molecular complexity index is 2170. The molecule has 0 unspecified atom stereocenters. The Balaban J connectivity index is 1.32. The van der Waals surface area contributed by atoms with Crippen molar-refractivity contribution >= 4 is 69.2 Å². The van der Waals surface area contributed by atoms with E-state index >= 15 is 0 Å². The smallest absolute Gasteiger partial charge is 0.0547 e. The normalized spacial score (nSPS) is 11.7. The van der Waals surface area contributed by atoms with Crippen molar-refractivity contribution in [3.05, 3.63) is 138 Å². The van der Waals surface area contributed by atoms with Gasteiger partial charge in [0.25, 0.3) is 0 Å².